The molecule has 0 aliphatic carbocycles. The molecule has 5 rings (SSSR count). The monoisotopic (exact) mass is 395 g/mol. The van der Waals surface area contributed by atoms with Crippen LogP contribution in [0.5, 0.6) is 23.0 Å². The summed E-state index contributed by atoms with van der Waals surface area (Å²) in [5.41, 5.74) is 8.08. The van der Waals surface area contributed by atoms with Crippen LogP contribution < -0.4 is 25.3 Å². The first-order chi connectivity index (χ1) is 14.1. The van der Waals surface area contributed by atoms with Crippen molar-refractivity contribution in [3.05, 3.63) is 35.9 Å². The third-order valence-electron chi connectivity index (χ3n) is 4.89. The number of ether oxygens (including phenoxy) is 3. The minimum absolute atomic E-state index is 0.0963. The molecule has 0 saturated carbocycles. The molecule has 29 heavy (non-hydrogen) atoms. The van der Waals surface area contributed by atoms with E-state index in [1.165, 1.54) is 0 Å². The lowest BCUT2D eigenvalue weighted by Gasteiger charge is -2.24. The van der Waals surface area contributed by atoms with Crippen molar-refractivity contribution in [2.75, 3.05) is 25.1 Å². The second kappa shape index (κ2) is 6.77. The Balaban J connectivity index is 1.69. The molecular formula is C20H21N5O4. The standard InChI is InChI=1S/C20H21N5O4/c1-2-27-11-4-5-15(26)12(8-11)18-23-19(21)24-20-22-13-9-16-17(10-14(13)25(18)20)29-7-3-6-28-16/h4-5,8-10,18,26H,2-3,6-7H2,1H3,(H3,21,22,23,24)/t18-/m1/s1. The molecule has 150 valence electrons. The number of nitrogens with zero attached hydrogens (tertiary/aromatic N) is 3. The fraction of sp³-hybridized carbons (Fsp3) is 0.300. The van der Waals surface area contributed by atoms with E-state index in [2.05, 4.69) is 15.3 Å². The zero-order valence-corrected chi connectivity index (χ0v) is 15.9. The molecule has 1 aromatic heterocycles. The van der Waals surface area contributed by atoms with Crippen molar-refractivity contribution >= 4 is 22.9 Å². The van der Waals surface area contributed by atoms with Gasteiger partial charge >= 0.3 is 0 Å². The molecule has 2 aliphatic rings. The maximum absolute atomic E-state index is 10.5. The van der Waals surface area contributed by atoms with Crippen LogP contribution in [0.3, 0.4) is 0 Å². The van der Waals surface area contributed by atoms with Crippen molar-refractivity contribution < 1.29 is 19.3 Å². The van der Waals surface area contributed by atoms with E-state index in [-0.39, 0.29) is 11.7 Å². The number of aromatic hydroxyl groups is 1. The van der Waals surface area contributed by atoms with Gasteiger partial charge < -0.3 is 25.1 Å². The van der Waals surface area contributed by atoms with Gasteiger partial charge in [-0.2, -0.15) is 0 Å². The molecule has 0 amide bonds. The van der Waals surface area contributed by atoms with Crippen LogP contribution in [0.1, 0.15) is 25.1 Å². The summed E-state index contributed by atoms with van der Waals surface area (Å²) in [5, 5.41) is 13.5. The smallest absolute Gasteiger partial charge is 0.212 e. The molecule has 3 heterocycles. The Morgan fingerprint density at radius 3 is 2.83 bits per heavy atom. The molecule has 9 heteroatoms. The average molecular weight is 395 g/mol. The maximum Gasteiger partial charge on any atom is 0.212 e. The van der Waals surface area contributed by atoms with Gasteiger partial charge in [-0.05, 0) is 25.1 Å². The number of guanidine groups is 1. The van der Waals surface area contributed by atoms with E-state index in [1.807, 2.05) is 23.6 Å². The largest absolute Gasteiger partial charge is 0.508 e. The molecule has 4 N–H and O–H groups in total. The van der Waals surface area contributed by atoms with Crippen LogP contribution in [0.15, 0.2) is 35.3 Å². The zero-order valence-electron chi connectivity index (χ0n) is 15.9. The number of hydrogen-bond donors (Lipinski definition) is 3. The second-order valence-electron chi connectivity index (χ2n) is 6.81. The van der Waals surface area contributed by atoms with Crippen LogP contribution >= 0.6 is 0 Å². The highest BCUT2D eigenvalue weighted by Crippen LogP contribution is 2.41. The number of aromatic nitrogens is 2. The van der Waals surface area contributed by atoms with Crippen molar-refractivity contribution in [3.8, 4) is 23.0 Å². The highest BCUT2D eigenvalue weighted by Gasteiger charge is 2.28. The summed E-state index contributed by atoms with van der Waals surface area (Å²) >= 11 is 0. The Morgan fingerprint density at radius 2 is 2.03 bits per heavy atom. The molecule has 0 unspecified atom stereocenters. The van der Waals surface area contributed by atoms with Crippen LogP contribution in [-0.2, 0) is 0 Å². The van der Waals surface area contributed by atoms with E-state index in [0.717, 1.165) is 11.9 Å². The van der Waals surface area contributed by atoms with Crippen molar-refractivity contribution in [3.63, 3.8) is 0 Å². The molecule has 0 saturated heterocycles. The summed E-state index contributed by atoms with van der Waals surface area (Å²) < 4.78 is 19.1. The van der Waals surface area contributed by atoms with Gasteiger partial charge in [0.2, 0.25) is 5.95 Å². The number of anilines is 1. The summed E-state index contributed by atoms with van der Waals surface area (Å²) in [7, 11) is 0. The first-order valence-corrected chi connectivity index (χ1v) is 9.51. The summed E-state index contributed by atoms with van der Waals surface area (Å²) in [6.07, 6.45) is 0.210. The number of aliphatic imine (C=N–C) groups is 1. The quantitative estimate of drug-likeness (QED) is 0.624. The molecule has 1 atom stereocenters. The molecular weight excluding hydrogens is 374 g/mol. The molecule has 0 bridgehead atoms. The topological polar surface area (TPSA) is 116 Å². The van der Waals surface area contributed by atoms with E-state index in [0.29, 0.717) is 54.1 Å². The number of nitrogens with one attached hydrogen (secondary N) is 1. The normalized spacial score (nSPS) is 17.8. The number of rotatable bonds is 3. The fourth-order valence-electron chi connectivity index (χ4n) is 3.63. The zero-order chi connectivity index (χ0) is 20.0. The van der Waals surface area contributed by atoms with Gasteiger partial charge in [0.25, 0.3) is 0 Å². The first-order valence-electron chi connectivity index (χ1n) is 9.51. The van der Waals surface area contributed by atoms with Gasteiger partial charge in [0.15, 0.2) is 23.6 Å². The number of phenols is 1. The van der Waals surface area contributed by atoms with E-state index < -0.39 is 6.17 Å². The van der Waals surface area contributed by atoms with Gasteiger partial charge in [-0.15, -0.1) is 0 Å². The van der Waals surface area contributed by atoms with E-state index in [9.17, 15) is 5.11 Å². The number of benzene rings is 2. The fourth-order valence-corrected chi connectivity index (χ4v) is 3.63. The molecule has 2 aromatic carbocycles. The Kier molecular flexibility index (Phi) is 4.08. The summed E-state index contributed by atoms with van der Waals surface area (Å²) in [4.78, 5) is 9.18. The summed E-state index contributed by atoms with van der Waals surface area (Å²) in [6.45, 7) is 3.61. The SMILES string of the molecule is CCOc1ccc(O)c([C@@H]2N=C(N)Nc3nc4cc5c(cc4n32)OCCCO5)c1. The molecule has 0 radical (unpaired) electrons. The number of hydrogen-bond acceptors (Lipinski definition) is 8. The van der Waals surface area contributed by atoms with Crippen molar-refractivity contribution in [1.82, 2.24) is 9.55 Å². The number of phenolic OH excluding ortho intramolecular Hbond substituents is 1. The van der Waals surface area contributed by atoms with Crippen molar-refractivity contribution in [1.29, 1.82) is 0 Å². The van der Waals surface area contributed by atoms with Crippen LogP contribution in [0.2, 0.25) is 0 Å². The highest BCUT2D eigenvalue weighted by molar-refractivity contribution is 5.95. The van der Waals surface area contributed by atoms with Gasteiger partial charge in [-0.1, -0.05) is 0 Å². The second-order valence-corrected chi connectivity index (χ2v) is 6.81. The molecule has 9 nitrogen and oxygen atoms in total. The van der Waals surface area contributed by atoms with Crippen molar-refractivity contribution in [2.45, 2.75) is 19.5 Å². The Morgan fingerprint density at radius 1 is 1.24 bits per heavy atom. The summed E-state index contributed by atoms with van der Waals surface area (Å²) in [6, 6.07) is 8.82. The lowest BCUT2D eigenvalue weighted by atomic mass is 10.1. The predicted molar refractivity (Wildman–Crippen MR) is 108 cm³/mol. The average Bonchev–Trinajstić information content (AvgIpc) is 2.89. The Labute approximate surface area is 166 Å². The van der Waals surface area contributed by atoms with Gasteiger partial charge in [0, 0.05) is 24.1 Å². The van der Waals surface area contributed by atoms with Crippen LogP contribution in [0, 0.1) is 0 Å². The van der Waals surface area contributed by atoms with Crippen LogP contribution in [0.25, 0.3) is 11.0 Å². The van der Waals surface area contributed by atoms with Gasteiger partial charge in [-0.3, -0.25) is 9.88 Å². The third-order valence-corrected chi connectivity index (χ3v) is 4.89. The van der Waals surface area contributed by atoms with Crippen LogP contribution in [0.4, 0.5) is 5.95 Å². The minimum Gasteiger partial charge on any atom is -0.508 e. The van der Waals surface area contributed by atoms with E-state index in [1.54, 1.807) is 18.2 Å². The molecule has 3 aromatic rings. The first kappa shape index (κ1) is 17.5. The Bertz CT molecular complexity index is 1120. The lowest BCUT2D eigenvalue weighted by molar-refractivity contribution is 0.297. The van der Waals surface area contributed by atoms with Gasteiger partial charge in [0.1, 0.15) is 11.5 Å². The van der Waals surface area contributed by atoms with E-state index >= 15 is 0 Å². The van der Waals surface area contributed by atoms with Crippen molar-refractivity contribution in [2.24, 2.45) is 10.7 Å². The number of imidazole rings is 1. The molecule has 2 aliphatic heterocycles. The van der Waals surface area contributed by atoms with E-state index in [4.69, 9.17) is 19.9 Å². The lowest BCUT2D eigenvalue weighted by Crippen LogP contribution is -2.31. The van der Waals surface area contributed by atoms with Gasteiger partial charge in [0.05, 0.1) is 30.9 Å². The van der Waals surface area contributed by atoms with Crippen LogP contribution in [-0.4, -0.2) is 40.4 Å². The molecule has 0 fully saturated rings. The van der Waals surface area contributed by atoms with Gasteiger partial charge in [-0.25, -0.2) is 9.98 Å². The predicted octanol–water partition coefficient (Wildman–Crippen LogP) is 2.59. The highest BCUT2D eigenvalue weighted by atomic mass is 16.5. The molecule has 0 spiro atoms. The third kappa shape index (κ3) is 2.95. The maximum atomic E-state index is 10.5. The number of fused-ring (bicyclic) bond motifs is 4. The minimum atomic E-state index is -0.610. The number of nitrogens with two attached hydrogens (primary N) is 1. The summed E-state index contributed by atoms with van der Waals surface area (Å²) in [5.74, 6) is 2.80. The Hall–Kier alpha value is -3.62.